The molecule has 11 atom stereocenters. The number of aliphatic hydroxyl groups excluding tert-OH is 6. The zero-order valence-electron chi connectivity index (χ0n) is 32.7. The smallest absolute Gasteiger partial charge is 0.246 e. The minimum Gasteiger partial charge on any atom is -0.394 e. The van der Waals surface area contributed by atoms with Crippen LogP contribution in [0.5, 0.6) is 0 Å². The van der Waals surface area contributed by atoms with E-state index < -0.39 is 129 Å². The molecule has 2 heterocycles. The molecule has 2 rings (SSSR count). The molecule has 24 heteroatoms. The van der Waals surface area contributed by atoms with E-state index in [4.69, 9.17) is 33.2 Å². The molecule has 2 fully saturated rings. The van der Waals surface area contributed by atoms with Crippen LogP contribution in [0.15, 0.2) is 0 Å². The molecule has 2 aliphatic heterocycles. The molecule has 24 nitrogen and oxygen atoms in total. The molecule has 0 aromatic heterocycles. The summed E-state index contributed by atoms with van der Waals surface area (Å²) in [5, 5.41) is 71.8. The van der Waals surface area contributed by atoms with Crippen LogP contribution in [-0.4, -0.2) is 212 Å². The summed E-state index contributed by atoms with van der Waals surface area (Å²) >= 11 is 0. The lowest BCUT2D eigenvalue weighted by Crippen LogP contribution is -2.68. The predicted octanol–water partition coefficient (Wildman–Crippen LogP) is -6.96. The summed E-state index contributed by atoms with van der Waals surface area (Å²) in [4.78, 5) is 72.5. The molecule has 10 unspecified atom stereocenters. The van der Waals surface area contributed by atoms with E-state index in [1.165, 1.54) is 13.8 Å². The van der Waals surface area contributed by atoms with Gasteiger partial charge in [0.05, 0.1) is 78.5 Å². The van der Waals surface area contributed by atoms with Crippen molar-refractivity contribution in [3.05, 3.63) is 0 Å². The van der Waals surface area contributed by atoms with Crippen molar-refractivity contribution in [1.29, 1.82) is 0 Å². The van der Waals surface area contributed by atoms with Gasteiger partial charge in [-0.15, -0.1) is 0 Å². The average molecular weight is 842 g/mol. The van der Waals surface area contributed by atoms with E-state index in [0.29, 0.717) is 0 Å². The van der Waals surface area contributed by atoms with Crippen molar-refractivity contribution >= 4 is 35.3 Å². The molecule has 0 saturated carbocycles. The monoisotopic (exact) mass is 841 g/mol. The van der Waals surface area contributed by atoms with Gasteiger partial charge >= 0.3 is 0 Å². The number of ketones is 1. The van der Waals surface area contributed by atoms with Crippen LogP contribution in [0.25, 0.3) is 0 Å². The Kier molecular flexibility index (Phi) is 23.8. The molecule has 11 N–H and O–H groups in total. The molecule has 0 spiro atoms. The van der Waals surface area contributed by atoms with E-state index in [1.54, 1.807) is 0 Å². The fourth-order valence-corrected chi connectivity index (χ4v) is 5.61. The van der Waals surface area contributed by atoms with Gasteiger partial charge in [0.2, 0.25) is 29.5 Å². The number of aliphatic hydroxyl groups is 6. The zero-order valence-corrected chi connectivity index (χ0v) is 32.7. The fourth-order valence-electron chi connectivity index (χ4n) is 5.61. The maximum atomic E-state index is 12.7. The van der Waals surface area contributed by atoms with Crippen LogP contribution in [-0.2, 0) is 61.9 Å². The number of carbonyl (C=O) groups is 6. The summed E-state index contributed by atoms with van der Waals surface area (Å²) in [6.07, 6.45) is -11.8. The van der Waals surface area contributed by atoms with Gasteiger partial charge in [0, 0.05) is 26.8 Å². The molecule has 0 aliphatic carbocycles. The van der Waals surface area contributed by atoms with Gasteiger partial charge in [0.15, 0.2) is 18.3 Å². The normalized spacial score (nSPS) is 27.5. The molecule has 334 valence electrons. The van der Waals surface area contributed by atoms with E-state index in [0.717, 1.165) is 6.92 Å². The van der Waals surface area contributed by atoms with E-state index >= 15 is 0 Å². The number of amides is 5. The van der Waals surface area contributed by atoms with Crippen molar-refractivity contribution in [2.45, 2.75) is 101 Å². The van der Waals surface area contributed by atoms with Crippen LogP contribution in [0.3, 0.4) is 0 Å². The van der Waals surface area contributed by atoms with Crippen molar-refractivity contribution in [2.24, 2.45) is 0 Å². The molecule has 0 aromatic rings. The maximum Gasteiger partial charge on any atom is 0.246 e. The van der Waals surface area contributed by atoms with Gasteiger partial charge in [-0.05, 0) is 6.92 Å². The van der Waals surface area contributed by atoms with Gasteiger partial charge in [-0.25, -0.2) is 0 Å². The van der Waals surface area contributed by atoms with Crippen molar-refractivity contribution in [3.8, 4) is 0 Å². The lowest BCUT2D eigenvalue weighted by molar-refractivity contribution is -0.268. The Bertz CT molecular complexity index is 1300. The Morgan fingerprint density at radius 1 is 0.603 bits per heavy atom. The second kappa shape index (κ2) is 27.3. The third-order valence-electron chi connectivity index (χ3n) is 8.60. The summed E-state index contributed by atoms with van der Waals surface area (Å²) in [7, 11) is 0. The Morgan fingerprint density at radius 2 is 1.10 bits per heavy atom. The Labute approximate surface area is 334 Å². The highest BCUT2D eigenvalue weighted by Crippen LogP contribution is 2.22. The summed E-state index contributed by atoms with van der Waals surface area (Å²) in [6, 6.07) is -3.63. The van der Waals surface area contributed by atoms with Crippen LogP contribution in [0.1, 0.15) is 33.6 Å². The van der Waals surface area contributed by atoms with E-state index in [1.807, 2.05) is 0 Å². The minimum atomic E-state index is -1.58. The molecule has 0 bridgehead atoms. The second-order valence-electron chi connectivity index (χ2n) is 13.3. The minimum absolute atomic E-state index is 0.00139. The van der Waals surface area contributed by atoms with Crippen LogP contribution in [0, 0.1) is 0 Å². The van der Waals surface area contributed by atoms with Gasteiger partial charge in [0.1, 0.15) is 55.3 Å². The number of carbonyl (C=O) groups excluding carboxylic acids is 6. The predicted molar refractivity (Wildman–Crippen MR) is 193 cm³/mol. The molecule has 5 amide bonds. The number of nitrogens with one attached hydrogen (secondary N) is 5. The standard InChI is InChI=1S/C34H59N5O19/c1-18(42)21(14-25(46)39-33-27(36-19(2)43)31(50)29(48)22(15-40)57-33)38-24(45)4-6-52-8-10-54-12-13-55-11-9-53-7-5-35-26(47)17-56-34-28(37-20(3)44)32(51)30(49)23(16-41)58-34/h21-23,27-34,40-41,48-51H,4-17H2,1-3H3,(H,35,47)(H,36,43)(H,37,44)(H,38,45)(H,39,46)/t21-,22?,23?,27?,28?,29?,30?,31?,32?,33?,34?/m0/s1. The quantitative estimate of drug-likeness (QED) is 0.0342. The van der Waals surface area contributed by atoms with Crippen LogP contribution >= 0.6 is 0 Å². The fraction of sp³-hybridized carbons (Fsp3) is 0.824. The Morgan fingerprint density at radius 3 is 1.64 bits per heavy atom. The van der Waals surface area contributed by atoms with Crippen molar-refractivity contribution in [1.82, 2.24) is 26.6 Å². The number of hydrogen-bond donors (Lipinski definition) is 11. The summed E-state index contributed by atoms with van der Waals surface area (Å²) in [5.41, 5.74) is 0. The van der Waals surface area contributed by atoms with Crippen molar-refractivity contribution in [2.75, 3.05) is 79.2 Å². The Balaban J connectivity index is 1.50. The zero-order chi connectivity index (χ0) is 43.2. The highest BCUT2D eigenvalue weighted by atomic mass is 16.7. The molecule has 0 radical (unpaired) electrons. The van der Waals surface area contributed by atoms with Gasteiger partial charge in [-0.2, -0.15) is 0 Å². The van der Waals surface area contributed by atoms with Crippen LogP contribution < -0.4 is 26.6 Å². The van der Waals surface area contributed by atoms with E-state index in [9.17, 15) is 59.4 Å². The summed E-state index contributed by atoms with van der Waals surface area (Å²) in [6.45, 7) is 3.42. The molecule has 0 aromatic carbocycles. The van der Waals surface area contributed by atoms with Crippen molar-refractivity contribution < 1.29 is 92.6 Å². The van der Waals surface area contributed by atoms with Crippen molar-refractivity contribution in [3.63, 3.8) is 0 Å². The highest BCUT2D eigenvalue weighted by molar-refractivity contribution is 5.92. The van der Waals surface area contributed by atoms with Crippen LogP contribution in [0.2, 0.25) is 0 Å². The Hall–Kier alpha value is -3.50. The molecule has 2 aliphatic rings. The molecule has 58 heavy (non-hydrogen) atoms. The van der Waals surface area contributed by atoms with Gasteiger partial charge in [-0.1, -0.05) is 0 Å². The first-order chi connectivity index (χ1) is 27.6. The maximum absolute atomic E-state index is 12.7. The average Bonchev–Trinajstić information content (AvgIpc) is 3.16. The topological polar surface area (TPSA) is 349 Å². The number of rotatable bonds is 27. The first-order valence-corrected chi connectivity index (χ1v) is 18.7. The first-order valence-electron chi connectivity index (χ1n) is 18.7. The van der Waals surface area contributed by atoms with Crippen LogP contribution in [0.4, 0.5) is 0 Å². The number of Topliss-reactive ketones (excluding diaryl/α,β-unsaturated/α-hetero) is 1. The molecular weight excluding hydrogens is 782 g/mol. The third kappa shape index (κ3) is 18.2. The highest BCUT2D eigenvalue weighted by Gasteiger charge is 2.46. The largest absolute Gasteiger partial charge is 0.394 e. The van der Waals surface area contributed by atoms with E-state index in [2.05, 4.69) is 26.6 Å². The number of hydrogen-bond acceptors (Lipinski definition) is 19. The first kappa shape index (κ1) is 50.6. The van der Waals surface area contributed by atoms with Gasteiger partial charge < -0.3 is 90.4 Å². The van der Waals surface area contributed by atoms with Gasteiger partial charge in [-0.3, -0.25) is 28.8 Å². The number of ether oxygens (including phenoxy) is 7. The van der Waals surface area contributed by atoms with E-state index in [-0.39, 0.29) is 65.8 Å². The SMILES string of the molecule is CC(=O)NC1C(NC(=O)C[C@H](NC(=O)CCOCCOCCOCCOCCNC(=O)COC2OC(CO)C(O)C(O)C2NC(C)=O)C(C)=O)OC(CO)C(O)C1O. The van der Waals surface area contributed by atoms with Gasteiger partial charge in [0.25, 0.3) is 0 Å². The molecule has 2 saturated heterocycles. The summed E-state index contributed by atoms with van der Waals surface area (Å²) < 4.78 is 37.8. The summed E-state index contributed by atoms with van der Waals surface area (Å²) in [5.74, 6) is -3.49. The third-order valence-corrected chi connectivity index (χ3v) is 8.60. The second-order valence-corrected chi connectivity index (χ2v) is 13.3. The lowest BCUT2D eigenvalue weighted by atomic mass is 9.95. The molecular formula is C34H59N5O19. The lowest BCUT2D eigenvalue weighted by Gasteiger charge is -2.42.